The van der Waals surface area contributed by atoms with Gasteiger partial charge in [-0.1, -0.05) is 18.2 Å². The molecule has 1 heterocycles. The summed E-state index contributed by atoms with van der Waals surface area (Å²) in [4.78, 5) is 11.4. The minimum absolute atomic E-state index is 0.455. The third-order valence-electron chi connectivity index (χ3n) is 3.04. The van der Waals surface area contributed by atoms with Crippen molar-refractivity contribution in [3.63, 3.8) is 0 Å². The summed E-state index contributed by atoms with van der Waals surface area (Å²) in [5.74, 6) is -0.801. The molecule has 0 aliphatic carbocycles. The Morgan fingerprint density at radius 3 is 2.73 bits per heavy atom. The van der Waals surface area contributed by atoms with Crippen LogP contribution < -0.4 is 11.1 Å². The molecule has 0 radical (unpaired) electrons. The average molecular weight is 206 g/mol. The topological polar surface area (TPSA) is 75.4 Å². The Morgan fingerprint density at radius 2 is 2.20 bits per heavy atom. The lowest BCUT2D eigenvalue weighted by Crippen LogP contribution is -2.38. The van der Waals surface area contributed by atoms with Crippen molar-refractivity contribution in [3.05, 3.63) is 29.8 Å². The third kappa shape index (κ3) is 1.47. The Balaban J connectivity index is 2.50. The molecule has 4 N–H and O–H groups in total. The van der Waals surface area contributed by atoms with Gasteiger partial charge >= 0.3 is 5.97 Å². The summed E-state index contributed by atoms with van der Waals surface area (Å²) in [5, 5.41) is 12.4. The van der Waals surface area contributed by atoms with Gasteiger partial charge in [-0.2, -0.15) is 0 Å². The second kappa shape index (κ2) is 3.55. The van der Waals surface area contributed by atoms with Crippen molar-refractivity contribution < 1.29 is 9.90 Å². The summed E-state index contributed by atoms with van der Waals surface area (Å²) in [6, 6.07) is 7.19. The second-order valence-electron chi connectivity index (χ2n) is 3.90. The number of rotatable bonds is 2. The van der Waals surface area contributed by atoms with Crippen molar-refractivity contribution >= 4 is 11.7 Å². The van der Waals surface area contributed by atoms with Crippen LogP contribution in [0.4, 0.5) is 5.69 Å². The molecule has 0 spiro atoms. The van der Waals surface area contributed by atoms with E-state index in [0.29, 0.717) is 18.7 Å². The van der Waals surface area contributed by atoms with E-state index in [-0.39, 0.29) is 0 Å². The summed E-state index contributed by atoms with van der Waals surface area (Å²) in [6.45, 7) is 1.18. The highest BCUT2D eigenvalue weighted by atomic mass is 16.4. The number of nitrogens with one attached hydrogen (secondary N) is 1. The van der Waals surface area contributed by atoms with E-state index in [9.17, 15) is 9.90 Å². The van der Waals surface area contributed by atoms with Crippen LogP contribution in [0.2, 0.25) is 0 Å². The molecule has 0 amide bonds. The van der Waals surface area contributed by atoms with Crippen LogP contribution in [0.1, 0.15) is 12.0 Å². The van der Waals surface area contributed by atoms with Gasteiger partial charge < -0.3 is 16.2 Å². The maximum Gasteiger partial charge on any atom is 0.315 e. The van der Waals surface area contributed by atoms with E-state index in [2.05, 4.69) is 5.32 Å². The molecule has 1 unspecified atom stereocenters. The zero-order valence-electron chi connectivity index (χ0n) is 8.36. The molecule has 1 aromatic carbocycles. The molecule has 0 saturated carbocycles. The second-order valence-corrected chi connectivity index (χ2v) is 3.90. The summed E-state index contributed by atoms with van der Waals surface area (Å²) in [7, 11) is 0. The molecule has 1 fully saturated rings. The molecule has 0 bridgehead atoms. The van der Waals surface area contributed by atoms with Gasteiger partial charge in [0, 0.05) is 12.2 Å². The molecule has 0 aromatic heterocycles. The lowest BCUT2D eigenvalue weighted by molar-refractivity contribution is -0.143. The smallest absolute Gasteiger partial charge is 0.315 e. The number of aliphatic carboxylic acids is 1. The van der Waals surface area contributed by atoms with Crippen LogP contribution in [0.3, 0.4) is 0 Å². The maximum absolute atomic E-state index is 11.4. The first-order valence-electron chi connectivity index (χ1n) is 4.96. The molecule has 2 rings (SSSR count). The van der Waals surface area contributed by atoms with Crippen LogP contribution in [0.5, 0.6) is 0 Å². The molecule has 1 atom stereocenters. The van der Waals surface area contributed by atoms with Gasteiger partial charge in [0.1, 0.15) is 5.41 Å². The Hall–Kier alpha value is -1.55. The van der Waals surface area contributed by atoms with E-state index < -0.39 is 11.4 Å². The van der Waals surface area contributed by atoms with Gasteiger partial charge in [-0.05, 0) is 24.6 Å². The average Bonchev–Trinajstić information content (AvgIpc) is 2.68. The first kappa shape index (κ1) is 9.98. The SMILES string of the molecule is Nc1ccccc1C1(C(=O)O)CCNC1. The summed E-state index contributed by atoms with van der Waals surface area (Å²) < 4.78 is 0. The Morgan fingerprint density at radius 1 is 1.47 bits per heavy atom. The highest BCUT2D eigenvalue weighted by molar-refractivity contribution is 5.84. The lowest BCUT2D eigenvalue weighted by atomic mass is 9.79. The van der Waals surface area contributed by atoms with E-state index in [1.165, 1.54) is 0 Å². The molecule has 80 valence electrons. The van der Waals surface area contributed by atoms with Gasteiger partial charge in [0.2, 0.25) is 0 Å². The Bertz CT molecular complexity index is 384. The monoisotopic (exact) mass is 206 g/mol. The number of hydrogen-bond acceptors (Lipinski definition) is 3. The van der Waals surface area contributed by atoms with Crippen molar-refractivity contribution in [1.82, 2.24) is 5.32 Å². The van der Waals surface area contributed by atoms with E-state index >= 15 is 0 Å². The largest absolute Gasteiger partial charge is 0.481 e. The molecular weight excluding hydrogens is 192 g/mol. The number of carbonyl (C=O) groups is 1. The Kier molecular flexibility index (Phi) is 2.36. The fourth-order valence-corrected chi connectivity index (χ4v) is 2.15. The fraction of sp³-hybridized carbons (Fsp3) is 0.364. The van der Waals surface area contributed by atoms with Gasteiger partial charge in [0.05, 0.1) is 0 Å². The first-order valence-corrected chi connectivity index (χ1v) is 4.96. The molecule has 1 aliphatic heterocycles. The van der Waals surface area contributed by atoms with E-state index in [0.717, 1.165) is 12.1 Å². The van der Waals surface area contributed by atoms with Gasteiger partial charge in [-0.25, -0.2) is 0 Å². The molecule has 1 aliphatic rings. The minimum atomic E-state index is -0.842. The number of para-hydroxylation sites is 1. The van der Waals surface area contributed by atoms with E-state index in [1.807, 2.05) is 12.1 Å². The predicted octanol–water partition coefficient (Wildman–Crippen LogP) is 0.584. The van der Waals surface area contributed by atoms with E-state index in [1.54, 1.807) is 12.1 Å². The predicted molar refractivity (Wildman–Crippen MR) is 57.7 cm³/mol. The molecule has 4 heteroatoms. The maximum atomic E-state index is 11.4. The lowest BCUT2D eigenvalue weighted by Gasteiger charge is -2.24. The van der Waals surface area contributed by atoms with Crippen molar-refractivity contribution in [2.24, 2.45) is 0 Å². The number of benzene rings is 1. The molecule has 4 nitrogen and oxygen atoms in total. The number of nitrogens with two attached hydrogens (primary N) is 1. The van der Waals surface area contributed by atoms with Crippen molar-refractivity contribution in [2.45, 2.75) is 11.8 Å². The standard InChI is InChI=1S/C11H14N2O2/c12-9-4-2-1-3-8(9)11(10(14)15)5-6-13-7-11/h1-4,13H,5-7,12H2,(H,14,15). The van der Waals surface area contributed by atoms with Gasteiger partial charge in [0.15, 0.2) is 0 Å². The van der Waals surface area contributed by atoms with Crippen LogP contribution in [-0.2, 0) is 10.2 Å². The fourth-order valence-electron chi connectivity index (χ4n) is 2.15. The van der Waals surface area contributed by atoms with Crippen LogP contribution in [0.15, 0.2) is 24.3 Å². The molecule has 1 aromatic rings. The van der Waals surface area contributed by atoms with Crippen LogP contribution in [0.25, 0.3) is 0 Å². The number of carboxylic acids is 1. The quantitative estimate of drug-likeness (QED) is 0.619. The van der Waals surface area contributed by atoms with Gasteiger partial charge in [-0.3, -0.25) is 4.79 Å². The van der Waals surface area contributed by atoms with Gasteiger partial charge in [0.25, 0.3) is 0 Å². The van der Waals surface area contributed by atoms with Gasteiger partial charge in [-0.15, -0.1) is 0 Å². The number of carboxylic acid groups (broad SMARTS) is 1. The Labute approximate surface area is 88.1 Å². The number of anilines is 1. The normalized spacial score (nSPS) is 25.3. The summed E-state index contributed by atoms with van der Waals surface area (Å²) >= 11 is 0. The van der Waals surface area contributed by atoms with Crippen LogP contribution >= 0.6 is 0 Å². The zero-order chi connectivity index (χ0) is 10.9. The minimum Gasteiger partial charge on any atom is -0.481 e. The van der Waals surface area contributed by atoms with Crippen LogP contribution in [-0.4, -0.2) is 24.2 Å². The molecular formula is C11H14N2O2. The van der Waals surface area contributed by atoms with Crippen molar-refractivity contribution in [1.29, 1.82) is 0 Å². The van der Waals surface area contributed by atoms with E-state index in [4.69, 9.17) is 5.73 Å². The van der Waals surface area contributed by atoms with Crippen molar-refractivity contribution in [3.8, 4) is 0 Å². The number of nitrogen functional groups attached to an aromatic ring is 1. The highest BCUT2D eigenvalue weighted by Crippen LogP contribution is 2.34. The summed E-state index contributed by atoms with van der Waals surface area (Å²) in [6.07, 6.45) is 0.594. The molecule has 15 heavy (non-hydrogen) atoms. The highest BCUT2D eigenvalue weighted by Gasteiger charge is 2.44. The third-order valence-corrected chi connectivity index (χ3v) is 3.04. The first-order chi connectivity index (χ1) is 7.17. The number of hydrogen-bond donors (Lipinski definition) is 3. The van der Waals surface area contributed by atoms with Crippen molar-refractivity contribution in [2.75, 3.05) is 18.8 Å². The zero-order valence-corrected chi connectivity index (χ0v) is 8.36. The van der Waals surface area contributed by atoms with Crippen LogP contribution in [0, 0.1) is 0 Å². The molecule has 1 saturated heterocycles. The summed E-state index contributed by atoms with van der Waals surface area (Å²) in [5.41, 5.74) is 6.27.